The van der Waals surface area contributed by atoms with Gasteiger partial charge >= 0.3 is 0 Å². The minimum absolute atomic E-state index is 0.152. The molecule has 6 rings (SSSR count). The second kappa shape index (κ2) is 8.42. The summed E-state index contributed by atoms with van der Waals surface area (Å²) in [7, 11) is 0. The first kappa shape index (κ1) is 22.2. The third kappa shape index (κ3) is 3.67. The van der Waals surface area contributed by atoms with Crippen molar-refractivity contribution in [3.05, 3.63) is 47.5 Å². The number of benzene rings is 1. The van der Waals surface area contributed by atoms with E-state index in [4.69, 9.17) is 30.8 Å². The summed E-state index contributed by atoms with van der Waals surface area (Å²) in [5.41, 5.74) is 2.48. The number of aromatic nitrogens is 4. The minimum atomic E-state index is -0.768. The van der Waals surface area contributed by atoms with Crippen LogP contribution in [0.1, 0.15) is 50.9 Å². The molecule has 3 fully saturated rings. The van der Waals surface area contributed by atoms with Crippen LogP contribution >= 0.6 is 11.6 Å². The van der Waals surface area contributed by atoms with Crippen LogP contribution in [0, 0.1) is 0 Å². The lowest BCUT2D eigenvalue weighted by Gasteiger charge is -2.37. The lowest BCUT2D eigenvalue weighted by atomic mass is 9.95. The van der Waals surface area contributed by atoms with Gasteiger partial charge in [0, 0.05) is 6.54 Å². The van der Waals surface area contributed by atoms with Gasteiger partial charge in [-0.1, -0.05) is 30.3 Å². The summed E-state index contributed by atoms with van der Waals surface area (Å²) >= 11 is 6.46. The van der Waals surface area contributed by atoms with E-state index in [2.05, 4.69) is 39.1 Å². The molecule has 0 aliphatic carbocycles. The van der Waals surface area contributed by atoms with E-state index >= 15 is 0 Å². The highest BCUT2D eigenvalue weighted by Gasteiger charge is 2.56. The summed E-state index contributed by atoms with van der Waals surface area (Å²) in [6.45, 7) is 4.41. The Morgan fingerprint density at radius 1 is 1.12 bits per heavy atom. The van der Waals surface area contributed by atoms with E-state index in [1.54, 1.807) is 6.33 Å². The average molecular weight is 486 g/mol. The number of rotatable bonds is 4. The van der Waals surface area contributed by atoms with Gasteiger partial charge < -0.3 is 24.2 Å². The van der Waals surface area contributed by atoms with Crippen LogP contribution in [0.2, 0.25) is 5.28 Å². The molecule has 3 aliphatic rings. The van der Waals surface area contributed by atoms with Crippen molar-refractivity contribution in [1.82, 2.24) is 19.5 Å². The number of anilines is 1. The molecule has 10 heteroatoms. The zero-order valence-electron chi connectivity index (χ0n) is 19.2. The zero-order chi connectivity index (χ0) is 23.4. The van der Waals surface area contributed by atoms with Crippen molar-refractivity contribution in [1.29, 1.82) is 0 Å². The fourth-order valence-electron chi connectivity index (χ4n) is 5.50. The van der Waals surface area contributed by atoms with E-state index < -0.39 is 24.2 Å². The lowest BCUT2D eigenvalue weighted by Crippen LogP contribution is -2.34. The van der Waals surface area contributed by atoms with Gasteiger partial charge in [0.25, 0.3) is 0 Å². The lowest BCUT2D eigenvalue weighted by molar-refractivity contribution is -0.199. The Morgan fingerprint density at radius 3 is 2.71 bits per heavy atom. The van der Waals surface area contributed by atoms with Gasteiger partial charge in [-0.15, -0.1) is 0 Å². The van der Waals surface area contributed by atoms with Crippen LogP contribution in [-0.4, -0.2) is 61.9 Å². The summed E-state index contributed by atoms with van der Waals surface area (Å²) in [6.07, 6.45) is 3.09. The van der Waals surface area contributed by atoms with Crippen LogP contribution in [-0.2, 0) is 14.2 Å². The van der Waals surface area contributed by atoms with Crippen molar-refractivity contribution in [2.75, 3.05) is 18.1 Å². The molecule has 0 amide bonds. The van der Waals surface area contributed by atoms with Crippen LogP contribution in [0.5, 0.6) is 0 Å². The molecule has 1 N–H and O–H groups in total. The summed E-state index contributed by atoms with van der Waals surface area (Å²) < 4.78 is 20.1. The van der Waals surface area contributed by atoms with Crippen molar-refractivity contribution < 1.29 is 19.3 Å². The van der Waals surface area contributed by atoms with Crippen molar-refractivity contribution in [3.63, 3.8) is 0 Å². The van der Waals surface area contributed by atoms with E-state index in [-0.39, 0.29) is 24.0 Å². The maximum Gasteiger partial charge on any atom is 0.226 e. The first-order valence-corrected chi connectivity index (χ1v) is 12.2. The van der Waals surface area contributed by atoms with Crippen LogP contribution in [0.25, 0.3) is 11.2 Å². The number of fused-ring (bicyclic) bond motifs is 2. The smallest absolute Gasteiger partial charge is 0.226 e. The molecule has 2 aromatic heterocycles. The first-order valence-electron chi connectivity index (χ1n) is 11.8. The molecule has 1 unspecified atom stereocenters. The molecule has 34 heavy (non-hydrogen) atoms. The molecule has 0 bridgehead atoms. The first-order chi connectivity index (χ1) is 16.4. The van der Waals surface area contributed by atoms with Crippen molar-refractivity contribution >= 4 is 28.6 Å². The van der Waals surface area contributed by atoms with E-state index in [1.165, 1.54) is 5.56 Å². The van der Waals surface area contributed by atoms with Gasteiger partial charge in [-0.05, 0) is 50.3 Å². The van der Waals surface area contributed by atoms with E-state index in [9.17, 15) is 5.11 Å². The Kier molecular flexibility index (Phi) is 5.50. The molecular weight excluding hydrogens is 458 g/mol. The molecule has 3 aliphatic heterocycles. The SMILES string of the molecule is CC1(C)O[C@@H]2[C@H](O1)[C@@H](CO)O[C@H]2n1cnc2c(N3CCCCC3c3ccccc3)nc(Cl)nc21. The highest BCUT2D eigenvalue weighted by atomic mass is 35.5. The van der Waals surface area contributed by atoms with Crippen molar-refractivity contribution in [2.45, 2.75) is 69.5 Å². The number of piperidine rings is 1. The van der Waals surface area contributed by atoms with Crippen molar-refractivity contribution in [2.24, 2.45) is 0 Å². The van der Waals surface area contributed by atoms with Crippen molar-refractivity contribution in [3.8, 4) is 0 Å². The Hall–Kier alpha value is -2.30. The molecule has 0 radical (unpaired) electrons. The van der Waals surface area contributed by atoms with Crippen LogP contribution in [0.3, 0.4) is 0 Å². The Labute approximate surface area is 202 Å². The molecule has 5 atom stereocenters. The minimum Gasteiger partial charge on any atom is -0.394 e. The molecule has 9 nitrogen and oxygen atoms in total. The Morgan fingerprint density at radius 2 is 1.91 bits per heavy atom. The maximum atomic E-state index is 9.87. The molecule has 5 heterocycles. The number of aliphatic hydroxyl groups excluding tert-OH is 1. The third-order valence-electron chi connectivity index (χ3n) is 6.91. The predicted octanol–water partition coefficient (Wildman–Crippen LogP) is 3.62. The zero-order valence-corrected chi connectivity index (χ0v) is 19.9. The molecule has 180 valence electrons. The molecule has 0 saturated carbocycles. The number of halogens is 1. The second-order valence-electron chi connectivity index (χ2n) is 9.57. The van der Waals surface area contributed by atoms with Gasteiger partial charge in [-0.25, -0.2) is 4.98 Å². The van der Waals surface area contributed by atoms with Gasteiger partial charge in [-0.2, -0.15) is 9.97 Å². The summed E-state index contributed by atoms with van der Waals surface area (Å²) in [5, 5.41) is 10.0. The predicted molar refractivity (Wildman–Crippen MR) is 126 cm³/mol. The molecular formula is C24H28ClN5O4. The van der Waals surface area contributed by atoms with Gasteiger partial charge in [0.05, 0.1) is 19.0 Å². The monoisotopic (exact) mass is 485 g/mol. The number of hydrogen-bond acceptors (Lipinski definition) is 8. The number of hydrogen-bond donors (Lipinski definition) is 1. The highest BCUT2D eigenvalue weighted by Crippen LogP contribution is 2.44. The largest absolute Gasteiger partial charge is 0.394 e. The Bertz CT molecular complexity index is 1190. The standard InChI is InChI=1S/C24H28ClN5O4/c1-24(2)33-18-16(12-31)32-22(19(18)34-24)30-13-26-17-20(27-23(25)28-21(17)30)29-11-7-6-10-15(29)14-8-4-3-5-9-14/h3-5,8-9,13,15-16,18-19,22,31H,6-7,10-12H2,1-2H3/t15?,16-,18-,19-,22-/m1/s1. The molecule has 0 spiro atoms. The van der Waals surface area contributed by atoms with Gasteiger partial charge in [-0.3, -0.25) is 4.57 Å². The second-order valence-corrected chi connectivity index (χ2v) is 9.91. The topological polar surface area (TPSA) is 94.8 Å². The van der Waals surface area contributed by atoms with E-state index in [0.29, 0.717) is 11.2 Å². The molecule has 1 aromatic carbocycles. The Balaban J connectivity index is 1.42. The van der Waals surface area contributed by atoms with Gasteiger partial charge in [0.1, 0.15) is 18.3 Å². The molecule has 3 saturated heterocycles. The van der Waals surface area contributed by atoms with E-state index in [0.717, 1.165) is 31.6 Å². The number of ether oxygens (including phenoxy) is 3. The quantitative estimate of drug-likeness (QED) is 0.560. The number of imidazole rings is 1. The summed E-state index contributed by atoms with van der Waals surface area (Å²) in [5.74, 6) is -0.0465. The summed E-state index contributed by atoms with van der Waals surface area (Å²) in [4.78, 5) is 16.2. The average Bonchev–Trinajstić information content (AvgIpc) is 3.49. The van der Waals surface area contributed by atoms with Gasteiger partial charge in [0.2, 0.25) is 5.28 Å². The van der Waals surface area contributed by atoms with E-state index in [1.807, 2.05) is 24.5 Å². The fourth-order valence-corrected chi connectivity index (χ4v) is 5.66. The van der Waals surface area contributed by atoms with Crippen LogP contribution in [0.4, 0.5) is 5.82 Å². The maximum absolute atomic E-state index is 9.87. The molecule has 3 aromatic rings. The van der Waals surface area contributed by atoms with Crippen LogP contribution < -0.4 is 4.90 Å². The number of nitrogens with zero attached hydrogens (tertiary/aromatic N) is 5. The normalized spacial score (nSPS) is 30.7. The third-order valence-corrected chi connectivity index (χ3v) is 7.08. The number of aliphatic hydroxyl groups is 1. The highest BCUT2D eigenvalue weighted by molar-refractivity contribution is 6.28. The van der Waals surface area contributed by atoms with Crippen LogP contribution in [0.15, 0.2) is 36.7 Å². The summed E-state index contributed by atoms with van der Waals surface area (Å²) in [6, 6.07) is 10.7. The van der Waals surface area contributed by atoms with Gasteiger partial charge in [0.15, 0.2) is 29.0 Å². The fraction of sp³-hybridized carbons (Fsp3) is 0.542.